The lowest BCUT2D eigenvalue weighted by Gasteiger charge is -2.20. The first-order valence-electron chi connectivity index (χ1n) is 8.29. The van der Waals surface area contributed by atoms with Crippen LogP contribution in [-0.2, 0) is 10.2 Å². The van der Waals surface area contributed by atoms with Gasteiger partial charge in [-0.05, 0) is 42.9 Å². The molecule has 1 aromatic rings. The molecule has 0 bridgehead atoms. The zero-order valence-corrected chi connectivity index (χ0v) is 13.8. The monoisotopic (exact) mass is 338 g/mol. The van der Waals surface area contributed by atoms with Crippen LogP contribution in [0.3, 0.4) is 0 Å². The third-order valence-electron chi connectivity index (χ3n) is 5.03. The third-order valence-corrected chi connectivity index (χ3v) is 6.67. The molecule has 1 N–H and O–H groups in total. The molecule has 0 amide bonds. The molecular formula is C16H22N2O4S. The summed E-state index contributed by atoms with van der Waals surface area (Å²) in [6.07, 6.45) is 4.99. The van der Waals surface area contributed by atoms with Crippen molar-refractivity contribution in [2.45, 2.75) is 44.1 Å². The topological polar surface area (TPSA) is 67.9 Å². The maximum atomic E-state index is 12.5. The predicted molar refractivity (Wildman–Crippen MR) is 85.8 cm³/mol. The van der Waals surface area contributed by atoms with Crippen LogP contribution in [-0.4, -0.2) is 38.6 Å². The fraction of sp³-hybridized carbons (Fsp3) is 0.625. The highest BCUT2D eigenvalue weighted by Crippen LogP contribution is 2.37. The minimum Gasteiger partial charge on any atom is -0.454 e. The molecule has 1 aliphatic carbocycles. The molecule has 4 rings (SSSR count). The molecule has 7 heteroatoms. The molecule has 6 nitrogen and oxygen atoms in total. The molecular weight excluding hydrogens is 316 g/mol. The second-order valence-corrected chi connectivity index (χ2v) is 8.26. The molecule has 0 radical (unpaired) electrons. The van der Waals surface area contributed by atoms with Crippen molar-refractivity contribution in [1.82, 2.24) is 9.03 Å². The molecule has 2 heterocycles. The van der Waals surface area contributed by atoms with Gasteiger partial charge in [-0.3, -0.25) is 0 Å². The average Bonchev–Trinajstić information content (AvgIpc) is 3.27. The number of benzene rings is 1. The van der Waals surface area contributed by atoms with Crippen molar-refractivity contribution in [3.05, 3.63) is 23.8 Å². The van der Waals surface area contributed by atoms with Gasteiger partial charge in [0.2, 0.25) is 6.79 Å². The van der Waals surface area contributed by atoms with Crippen molar-refractivity contribution < 1.29 is 17.9 Å². The number of fused-ring (bicyclic) bond motifs is 1. The van der Waals surface area contributed by atoms with Gasteiger partial charge in [0.1, 0.15) is 0 Å². The van der Waals surface area contributed by atoms with E-state index >= 15 is 0 Å². The lowest BCUT2D eigenvalue weighted by atomic mass is 9.98. The van der Waals surface area contributed by atoms with Crippen LogP contribution in [0, 0.1) is 0 Å². The largest absolute Gasteiger partial charge is 0.454 e. The summed E-state index contributed by atoms with van der Waals surface area (Å²) >= 11 is 0. The van der Waals surface area contributed by atoms with Crippen molar-refractivity contribution in [1.29, 1.82) is 0 Å². The quantitative estimate of drug-likeness (QED) is 0.911. The van der Waals surface area contributed by atoms with E-state index in [9.17, 15) is 8.42 Å². The van der Waals surface area contributed by atoms with Gasteiger partial charge in [-0.1, -0.05) is 18.9 Å². The highest BCUT2D eigenvalue weighted by Gasteiger charge is 2.34. The van der Waals surface area contributed by atoms with E-state index in [0.717, 1.165) is 49.2 Å². The van der Waals surface area contributed by atoms with Crippen molar-refractivity contribution in [2.24, 2.45) is 0 Å². The lowest BCUT2D eigenvalue weighted by Crippen LogP contribution is -2.43. The van der Waals surface area contributed by atoms with Crippen LogP contribution in [0.2, 0.25) is 0 Å². The molecule has 1 saturated carbocycles. The highest BCUT2D eigenvalue weighted by molar-refractivity contribution is 7.87. The van der Waals surface area contributed by atoms with Gasteiger partial charge >= 0.3 is 0 Å². The van der Waals surface area contributed by atoms with Crippen LogP contribution in [0.15, 0.2) is 18.2 Å². The van der Waals surface area contributed by atoms with Crippen LogP contribution >= 0.6 is 0 Å². The molecule has 2 aliphatic heterocycles. The van der Waals surface area contributed by atoms with Crippen LogP contribution in [0.25, 0.3) is 0 Å². The Morgan fingerprint density at radius 1 is 1.09 bits per heavy atom. The van der Waals surface area contributed by atoms with E-state index in [1.807, 2.05) is 18.2 Å². The van der Waals surface area contributed by atoms with E-state index in [4.69, 9.17) is 9.47 Å². The minimum absolute atomic E-state index is 0.115. The zero-order chi connectivity index (χ0) is 15.9. The van der Waals surface area contributed by atoms with Crippen molar-refractivity contribution in [3.63, 3.8) is 0 Å². The highest BCUT2D eigenvalue weighted by atomic mass is 32.2. The normalized spacial score (nSPS) is 25.3. The number of nitrogens with zero attached hydrogens (tertiary/aromatic N) is 1. The molecule has 1 aromatic carbocycles. The van der Waals surface area contributed by atoms with E-state index in [1.165, 1.54) is 0 Å². The summed E-state index contributed by atoms with van der Waals surface area (Å²) in [5.41, 5.74) is 1.12. The molecule has 1 atom stereocenters. The van der Waals surface area contributed by atoms with E-state index in [1.54, 1.807) is 4.31 Å². The van der Waals surface area contributed by atoms with Crippen LogP contribution in [0.4, 0.5) is 0 Å². The van der Waals surface area contributed by atoms with E-state index < -0.39 is 10.2 Å². The Morgan fingerprint density at radius 2 is 1.87 bits per heavy atom. The first-order chi connectivity index (χ1) is 11.1. The molecule has 2 fully saturated rings. The summed E-state index contributed by atoms with van der Waals surface area (Å²) in [4.78, 5) is 0. The average molecular weight is 338 g/mol. The van der Waals surface area contributed by atoms with Gasteiger partial charge in [-0.2, -0.15) is 17.4 Å². The smallest absolute Gasteiger partial charge is 0.279 e. The minimum atomic E-state index is -3.37. The van der Waals surface area contributed by atoms with Crippen molar-refractivity contribution in [3.8, 4) is 11.5 Å². The number of hydrogen-bond acceptors (Lipinski definition) is 4. The summed E-state index contributed by atoms with van der Waals surface area (Å²) in [7, 11) is -3.37. The standard InChI is InChI=1S/C16H22N2O4S/c19-23(20,17-14-3-1-2-4-14)18-8-7-13(10-18)12-5-6-15-16(9-12)22-11-21-15/h5-6,9,13-14,17H,1-4,7-8,10-11H2. The predicted octanol–water partition coefficient (Wildman–Crippen LogP) is 1.98. The fourth-order valence-electron chi connectivity index (χ4n) is 3.71. The van der Waals surface area contributed by atoms with E-state index in [2.05, 4.69) is 4.72 Å². The SMILES string of the molecule is O=S(=O)(NC1CCCC1)N1CCC(c2ccc3c(c2)OCO3)C1. The molecule has 0 spiro atoms. The van der Waals surface area contributed by atoms with Crippen molar-refractivity contribution >= 4 is 10.2 Å². The lowest BCUT2D eigenvalue weighted by molar-refractivity contribution is 0.174. The van der Waals surface area contributed by atoms with Gasteiger partial charge in [-0.15, -0.1) is 0 Å². The number of ether oxygens (including phenoxy) is 2. The van der Waals surface area contributed by atoms with Gasteiger partial charge in [0, 0.05) is 19.1 Å². The number of rotatable bonds is 4. The fourth-order valence-corrected chi connectivity index (χ4v) is 5.24. The Kier molecular flexibility index (Phi) is 3.95. The van der Waals surface area contributed by atoms with Gasteiger partial charge in [0.25, 0.3) is 10.2 Å². The van der Waals surface area contributed by atoms with Crippen LogP contribution < -0.4 is 14.2 Å². The number of nitrogens with one attached hydrogen (secondary N) is 1. The van der Waals surface area contributed by atoms with Crippen LogP contribution in [0.5, 0.6) is 11.5 Å². The summed E-state index contributed by atoms with van der Waals surface area (Å²) in [5.74, 6) is 1.73. The Balaban J connectivity index is 1.44. The second-order valence-electron chi connectivity index (χ2n) is 6.56. The molecule has 23 heavy (non-hydrogen) atoms. The summed E-state index contributed by atoms with van der Waals surface area (Å²) in [6.45, 7) is 1.36. The summed E-state index contributed by atoms with van der Waals surface area (Å²) in [6, 6.07) is 6.02. The Hall–Kier alpha value is -1.31. The Bertz CT molecular complexity index is 685. The maximum Gasteiger partial charge on any atom is 0.279 e. The van der Waals surface area contributed by atoms with Gasteiger partial charge in [-0.25, -0.2) is 0 Å². The number of hydrogen-bond donors (Lipinski definition) is 1. The summed E-state index contributed by atoms with van der Waals surface area (Å²) < 4.78 is 40.2. The maximum absolute atomic E-state index is 12.5. The molecule has 1 unspecified atom stereocenters. The first kappa shape index (κ1) is 15.2. The molecule has 1 saturated heterocycles. The van der Waals surface area contributed by atoms with Crippen LogP contribution in [0.1, 0.15) is 43.6 Å². The summed E-state index contributed by atoms with van der Waals surface area (Å²) in [5, 5.41) is 0. The zero-order valence-electron chi connectivity index (χ0n) is 13.0. The Labute approximate surface area is 136 Å². The van der Waals surface area contributed by atoms with E-state index in [0.29, 0.717) is 13.1 Å². The molecule has 3 aliphatic rings. The molecule has 0 aromatic heterocycles. The molecule has 126 valence electrons. The second kappa shape index (κ2) is 5.96. The van der Waals surface area contributed by atoms with Crippen molar-refractivity contribution in [2.75, 3.05) is 19.9 Å². The van der Waals surface area contributed by atoms with Gasteiger partial charge < -0.3 is 9.47 Å². The van der Waals surface area contributed by atoms with E-state index in [-0.39, 0.29) is 18.8 Å². The third kappa shape index (κ3) is 3.05. The van der Waals surface area contributed by atoms with Gasteiger partial charge in [0.15, 0.2) is 11.5 Å². The van der Waals surface area contributed by atoms with Gasteiger partial charge in [0.05, 0.1) is 0 Å². The Morgan fingerprint density at radius 3 is 2.70 bits per heavy atom. The first-order valence-corrected chi connectivity index (χ1v) is 9.73.